The monoisotopic (exact) mass is 273 g/mol. The van der Waals surface area contributed by atoms with E-state index in [-0.39, 0.29) is 6.47 Å². The fourth-order valence-corrected chi connectivity index (χ4v) is 2.48. The second kappa shape index (κ2) is 7.24. The Hall–Kier alpha value is -1.25. The highest BCUT2D eigenvalue weighted by Crippen LogP contribution is 2.24. The zero-order valence-corrected chi connectivity index (χ0v) is 11.4. The molecule has 0 aromatic carbocycles. The van der Waals surface area contributed by atoms with Gasteiger partial charge in [0.05, 0.1) is 6.04 Å². The molecule has 1 atom stereocenters. The maximum absolute atomic E-state index is 8.36. The second-order valence-corrected chi connectivity index (χ2v) is 5.14. The van der Waals surface area contributed by atoms with Gasteiger partial charge < -0.3 is 15.7 Å². The number of nitrogens with zero attached hydrogens (tertiary/aromatic N) is 4. The summed E-state index contributed by atoms with van der Waals surface area (Å²) in [7, 11) is 2.16. The number of piperazine rings is 1. The summed E-state index contributed by atoms with van der Waals surface area (Å²) in [5.41, 5.74) is 5.59. The number of nitrogens with two attached hydrogens (primary N) is 1. The lowest BCUT2D eigenvalue weighted by molar-refractivity contribution is -0.122. The Kier molecular flexibility index (Phi) is 5.96. The van der Waals surface area contributed by atoms with Crippen molar-refractivity contribution in [3.63, 3.8) is 0 Å². The fourth-order valence-electron chi connectivity index (χ4n) is 1.78. The number of aromatic nitrogens is 2. The standard InChI is InChI=1S/C9H17N5S.CH2O2/c1-7(8-11-12-9(10)15-8)14-5-3-13(2)4-6-14;2-1-3/h7H,3-6H2,1-2H3,(H2,10,12);1H,(H,2,3). The van der Waals surface area contributed by atoms with Crippen LogP contribution < -0.4 is 5.73 Å². The average molecular weight is 273 g/mol. The van der Waals surface area contributed by atoms with Crippen LogP contribution in [0.2, 0.25) is 0 Å². The van der Waals surface area contributed by atoms with E-state index < -0.39 is 0 Å². The molecule has 0 radical (unpaired) electrons. The van der Waals surface area contributed by atoms with Crippen molar-refractivity contribution in [3.05, 3.63) is 5.01 Å². The SMILES string of the molecule is CC(c1nnc(N)s1)N1CCN(C)CC1.O=CO. The van der Waals surface area contributed by atoms with E-state index in [1.165, 1.54) is 11.3 Å². The molecule has 1 aromatic rings. The van der Waals surface area contributed by atoms with E-state index in [1.807, 2.05) is 0 Å². The van der Waals surface area contributed by atoms with E-state index in [9.17, 15) is 0 Å². The molecule has 0 saturated carbocycles. The first-order chi connectivity index (χ1) is 8.58. The van der Waals surface area contributed by atoms with Crippen LogP contribution >= 0.6 is 11.3 Å². The Balaban J connectivity index is 0.000000492. The minimum Gasteiger partial charge on any atom is -0.483 e. The molecule has 18 heavy (non-hydrogen) atoms. The number of nitrogen functional groups attached to an aromatic ring is 1. The largest absolute Gasteiger partial charge is 0.483 e. The Morgan fingerprint density at radius 3 is 2.39 bits per heavy atom. The summed E-state index contributed by atoms with van der Waals surface area (Å²) >= 11 is 1.49. The van der Waals surface area contributed by atoms with Crippen LogP contribution in [0.25, 0.3) is 0 Å². The van der Waals surface area contributed by atoms with Gasteiger partial charge in [-0.2, -0.15) is 0 Å². The van der Waals surface area contributed by atoms with E-state index in [1.54, 1.807) is 0 Å². The molecule has 2 heterocycles. The van der Waals surface area contributed by atoms with Crippen molar-refractivity contribution < 1.29 is 9.90 Å². The molecule has 8 heteroatoms. The minimum absolute atomic E-state index is 0.250. The van der Waals surface area contributed by atoms with Crippen LogP contribution in [0.4, 0.5) is 5.13 Å². The molecule has 1 saturated heterocycles. The Bertz CT molecular complexity index is 365. The minimum atomic E-state index is -0.250. The smallest absolute Gasteiger partial charge is 0.290 e. The first-order valence-corrected chi connectivity index (χ1v) is 6.49. The van der Waals surface area contributed by atoms with Crippen LogP contribution in [0.15, 0.2) is 0 Å². The molecule has 7 nitrogen and oxygen atoms in total. The molecule has 1 aromatic heterocycles. The second-order valence-electron chi connectivity index (χ2n) is 4.10. The van der Waals surface area contributed by atoms with Gasteiger partial charge in [0.2, 0.25) is 5.13 Å². The third-order valence-electron chi connectivity index (χ3n) is 2.90. The van der Waals surface area contributed by atoms with Crippen molar-refractivity contribution in [2.45, 2.75) is 13.0 Å². The van der Waals surface area contributed by atoms with Crippen molar-refractivity contribution in [1.29, 1.82) is 0 Å². The van der Waals surface area contributed by atoms with Crippen LogP contribution in [-0.2, 0) is 4.79 Å². The van der Waals surface area contributed by atoms with Crippen molar-refractivity contribution in [2.24, 2.45) is 0 Å². The summed E-state index contributed by atoms with van der Waals surface area (Å²) in [6, 6.07) is 0.341. The highest BCUT2D eigenvalue weighted by molar-refractivity contribution is 7.15. The number of rotatable bonds is 2. The molecule has 2 rings (SSSR count). The maximum Gasteiger partial charge on any atom is 0.290 e. The molecule has 1 fully saturated rings. The van der Waals surface area contributed by atoms with Crippen LogP contribution in [0.3, 0.4) is 0 Å². The predicted molar refractivity (Wildman–Crippen MR) is 70.5 cm³/mol. The van der Waals surface area contributed by atoms with E-state index in [2.05, 4.69) is 34.0 Å². The van der Waals surface area contributed by atoms with Gasteiger partial charge in [0.15, 0.2) is 0 Å². The highest BCUT2D eigenvalue weighted by Gasteiger charge is 2.22. The summed E-state index contributed by atoms with van der Waals surface area (Å²) in [6.07, 6.45) is 0. The van der Waals surface area contributed by atoms with Crippen molar-refractivity contribution in [2.75, 3.05) is 39.0 Å². The van der Waals surface area contributed by atoms with Crippen LogP contribution in [-0.4, -0.2) is 64.8 Å². The van der Waals surface area contributed by atoms with E-state index >= 15 is 0 Å². The average Bonchev–Trinajstić information content (AvgIpc) is 2.77. The first-order valence-electron chi connectivity index (χ1n) is 5.67. The lowest BCUT2D eigenvalue weighted by Crippen LogP contribution is -2.45. The summed E-state index contributed by atoms with van der Waals surface area (Å²) < 4.78 is 0. The summed E-state index contributed by atoms with van der Waals surface area (Å²) in [5, 5.41) is 16.4. The molecular formula is C10H19N5O2S. The molecule has 0 amide bonds. The number of likely N-dealkylation sites (N-methyl/N-ethyl adjacent to an activating group) is 1. The molecule has 0 aliphatic carbocycles. The Labute approximate surface area is 110 Å². The summed E-state index contributed by atoms with van der Waals surface area (Å²) in [4.78, 5) is 13.1. The normalized spacial score (nSPS) is 18.8. The molecule has 1 aliphatic rings. The van der Waals surface area contributed by atoms with Gasteiger partial charge >= 0.3 is 0 Å². The number of hydrogen-bond donors (Lipinski definition) is 2. The molecule has 3 N–H and O–H groups in total. The van der Waals surface area contributed by atoms with Gasteiger partial charge in [0.1, 0.15) is 5.01 Å². The molecular weight excluding hydrogens is 254 g/mol. The van der Waals surface area contributed by atoms with Gasteiger partial charge in [0, 0.05) is 26.2 Å². The van der Waals surface area contributed by atoms with Crippen molar-refractivity contribution >= 4 is 22.9 Å². The van der Waals surface area contributed by atoms with Crippen LogP contribution in [0, 0.1) is 0 Å². The highest BCUT2D eigenvalue weighted by atomic mass is 32.1. The number of anilines is 1. The summed E-state index contributed by atoms with van der Waals surface area (Å²) in [5.74, 6) is 0. The fraction of sp³-hybridized carbons (Fsp3) is 0.700. The first kappa shape index (κ1) is 14.8. The van der Waals surface area contributed by atoms with E-state index in [0.29, 0.717) is 11.2 Å². The molecule has 102 valence electrons. The van der Waals surface area contributed by atoms with Gasteiger partial charge in [-0.15, -0.1) is 10.2 Å². The van der Waals surface area contributed by atoms with Crippen molar-refractivity contribution in [1.82, 2.24) is 20.0 Å². The van der Waals surface area contributed by atoms with Crippen LogP contribution in [0.1, 0.15) is 18.0 Å². The third kappa shape index (κ3) is 4.21. The predicted octanol–water partition coefficient (Wildman–Crippen LogP) is 0.130. The zero-order valence-electron chi connectivity index (χ0n) is 10.6. The third-order valence-corrected chi connectivity index (χ3v) is 3.82. The molecule has 1 unspecified atom stereocenters. The Morgan fingerprint density at radius 2 is 1.94 bits per heavy atom. The van der Waals surface area contributed by atoms with Gasteiger partial charge in [-0.05, 0) is 14.0 Å². The Morgan fingerprint density at radius 1 is 1.39 bits per heavy atom. The van der Waals surface area contributed by atoms with E-state index in [4.69, 9.17) is 15.6 Å². The topological polar surface area (TPSA) is 95.6 Å². The maximum atomic E-state index is 8.36. The van der Waals surface area contributed by atoms with Gasteiger partial charge in [-0.25, -0.2) is 0 Å². The summed E-state index contributed by atoms with van der Waals surface area (Å²) in [6.45, 7) is 6.36. The van der Waals surface area contributed by atoms with Gasteiger partial charge in [0.25, 0.3) is 6.47 Å². The zero-order chi connectivity index (χ0) is 13.5. The quantitative estimate of drug-likeness (QED) is 0.739. The van der Waals surface area contributed by atoms with Gasteiger partial charge in [-0.3, -0.25) is 9.69 Å². The molecule has 0 bridgehead atoms. The lowest BCUT2D eigenvalue weighted by atomic mass is 10.2. The number of hydrogen-bond acceptors (Lipinski definition) is 7. The van der Waals surface area contributed by atoms with Crippen molar-refractivity contribution in [3.8, 4) is 0 Å². The molecule has 1 aliphatic heterocycles. The van der Waals surface area contributed by atoms with Gasteiger partial charge in [-0.1, -0.05) is 11.3 Å². The number of carbonyl (C=O) groups is 1. The van der Waals surface area contributed by atoms with E-state index in [0.717, 1.165) is 31.2 Å². The number of carboxylic acid groups (broad SMARTS) is 1. The van der Waals surface area contributed by atoms with Crippen LogP contribution in [0.5, 0.6) is 0 Å². The molecule has 0 spiro atoms. The lowest BCUT2D eigenvalue weighted by Gasteiger charge is -2.35.